The Morgan fingerprint density at radius 1 is 1.30 bits per heavy atom. The number of nitrogens with one attached hydrogen (secondary N) is 2. The maximum atomic E-state index is 14.1. The van der Waals surface area contributed by atoms with Gasteiger partial charge in [-0.25, -0.2) is 9.37 Å². The minimum atomic E-state index is -0.833. The lowest BCUT2D eigenvalue weighted by atomic mass is 9.99. The molecule has 0 saturated heterocycles. The van der Waals surface area contributed by atoms with E-state index in [1.807, 2.05) is 0 Å². The van der Waals surface area contributed by atoms with E-state index in [0.29, 0.717) is 22.9 Å². The standard InChI is InChI=1S/C18H16FN5O3/c1-10(15-7-6-14(24(26)27)9-16(15)19)18(25)21-13-5-3-4-12(8-13)17-20-11(2)22-23-17/h3-10H,1-2H3,(H,21,25)(H,20,22,23). The highest BCUT2D eigenvalue weighted by Gasteiger charge is 2.21. The topological polar surface area (TPSA) is 114 Å². The molecule has 2 aromatic carbocycles. The second-order valence-electron chi connectivity index (χ2n) is 6.00. The monoisotopic (exact) mass is 369 g/mol. The van der Waals surface area contributed by atoms with Crippen molar-refractivity contribution in [2.45, 2.75) is 19.8 Å². The third-order valence-electron chi connectivity index (χ3n) is 4.04. The number of nitrogens with zero attached hydrogens (tertiary/aromatic N) is 3. The van der Waals surface area contributed by atoms with Crippen LogP contribution in [0.15, 0.2) is 42.5 Å². The molecule has 3 aromatic rings. The minimum absolute atomic E-state index is 0.0823. The first kappa shape index (κ1) is 18.2. The molecule has 27 heavy (non-hydrogen) atoms. The largest absolute Gasteiger partial charge is 0.326 e. The maximum Gasteiger partial charge on any atom is 0.272 e. The number of non-ortho nitro benzene ring substituents is 1. The van der Waals surface area contributed by atoms with Crippen LogP contribution < -0.4 is 5.32 Å². The van der Waals surface area contributed by atoms with Crippen molar-refractivity contribution in [3.63, 3.8) is 0 Å². The van der Waals surface area contributed by atoms with Crippen molar-refractivity contribution in [1.29, 1.82) is 0 Å². The quantitative estimate of drug-likeness (QED) is 0.527. The van der Waals surface area contributed by atoms with Gasteiger partial charge in [0.25, 0.3) is 5.69 Å². The summed E-state index contributed by atoms with van der Waals surface area (Å²) in [5, 5.41) is 20.2. The Bertz CT molecular complexity index is 1020. The molecule has 0 bridgehead atoms. The molecule has 1 aromatic heterocycles. The Balaban J connectivity index is 1.78. The zero-order valence-corrected chi connectivity index (χ0v) is 14.6. The lowest BCUT2D eigenvalue weighted by Crippen LogP contribution is -2.19. The summed E-state index contributed by atoms with van der Waals surface area (Å²) >= 11 is 0. The van der Waals surface area contributed by atoms with Crippen LogP contribution in [0.4, 0.5) is 15.8 Å². The number of hydrogen-bond acceptors (Lipinski definition) is 5. The number of aromatic nitrogens is 3. The van der Waals surface area contributed by atoms with Gasteiger partial charge in [-0.1, -0.05) is 12.1 Å². The number of halogens is 1. The van der Waals surface area contributed by atoms with Gasteiger partial charge in [-0.3, -0.25) is 20.0 Å². The fourth-order valence-electron chi connectivity index (χ4n) is 2.58. The van der Waals surface area contributed by atoms with Crippen LogP contribution >= 0.6 is 0 Å². The van der Waals surface area contributed by atoms with Gasteiger partial charge in [0.15, 0.2) is 5.82 Å². The van der Waals surface area contributed by atoms with Crippen molar-refractivity contribution >= 4 is 17.3 Å². The van der Waals surface area contributed by atoms with Crippen molar-refractivity contribution in [2.24, 2.45) is 0 Å². The summed E-state index contributed by atoms with van der Waals surface area (Å²) < 4.78 is 14.1. The fraction of sp³-hybridized carbons (Fsp3) is 0.167. The predicted octanol–water partition coefficient (Wildman–Crippen LogP) is 3.57. The van der Waals surface area contributed by atoms with Crippen LogP contribution in [0.25, 0.3) is 11.4 Å². The van der Waals surface area contributed by atoms with Crippen LogP contribution in [-0.2, 0) is 4.79 Å². The van der Waals surface area contributed by atoms with Crippen molar-refractivity contribution in [1.82, 2.24) is 15.2 Å². The normalized spacial score (nSPS) is 11.8. The molecule has 0 aliphatic rings. The minimum Gasteiger partial charge on any atom is -0.326 e. The Hall–Kier alpha value is -3.62. The number of benzene rings is 2. The first-order chi connectivity index (χ1) is 12.8. The molecule has 1 unspecified atom stereocenters. The number of carbonyl (C=O) groups excluding carboxylic acids is 1. The van der Waals surface area contributed by atoms with Gasteiger partial charge in [-0.2, -0.15) is 5.10 Å². The van der Waals surface area contributed by atoms with Gasteiger partial charge in [0.1, 0.15) is 11.6 Å². The smallest absolute Gasteiger partial charge is 0.272 e. The molecule has 1 heterocycles. The Morgan fingerprint density at radius 2 is 2.07 bits per heavy atom. The van der Waals surface area contributed by atoms with Crippen molar-refractivity contribution in [3.8, 4) is 11.4 Å². The van der Waals surface area contributed by atoms with E-state index < -0.39 is 22.6 Å². The SMILES string of the molecule is Cc1nc(-c2cccc(NC(=O)C(C)c3ccc([N+](=O)[O-])cc3F)c2)n[nH]1. The molecule has 0 spiro atoms. The number of amides is 1. The maximum absolute atomic E-state index is 14.1. The van der Waals surface area contributed by atoms with Crippen LogP contribution in [-0.4, -0.2) is 26.0 Å². The number of carbonyl (C=O) groups is 1. The summed E-state index contributed by atoms with van der Waals surface area (Å²) in [4.78, 5) is 26.7. The van der Waals surface area contributed by atoms with E-state index in [0.717, 1.165) is 6.07 Å². The molecule has 9 heteroatoms. The highest BCUT2D eigenvalue weighted by molar-refractivity contribution is 5.96. The molecule has 0 aliphatic heterocycles. The van der Waals surface area contributed by atoms with Crippen molar-refractivity contribution in [2.75, 3.05) is 5.32 Å². The van der Waals surface area contributed by atoms with Gasteiger partial charge >= 0.3 is 0 Å². The number of nitro benzene ring substituents is 1. The predicted molar refractivity (Wildman–Crippen MR) is 96.7 cm³/mol. The Morgan fingerprint density at radius 3 is 2.70 bits per heavy atom. The summed E-state index contributed by atoms with van der Waals surface area (Å²) in [6.45, 7) is 3.31. The Labute approximate surface area is 153 Å². The van der Waals surface area contributed by atoms with Crippen LogP contribution in [0.2, 0.25) is 0 Å². The molecule has 8 nitrogen and oxygen atoms in total. The van der Waals surface area contributed by atoms with E-state index in [1.54, 1.807) is 31.2 Å². The number of aryl methyl sites for hydroxylation is 1. The number of aromatic amines is 1. The summed E-state index contributed by atoms with van der Waals surface area (Å²) in [5.74, 6) is -0.900. The van der Waals surface area contributed by atoms with E-state index >= 15 is 0 Å². The Kier molecular flexibility index (Phi) is 4.93. The molecule has 2 N–H and O–H groups in total. The lowest BCUT2D eigenvalue weighted by molar-refractivity contribution is -0.385. The van der Waals surface area contributed by atoms with E-state index in [-0.39, 0.29) is 11.3 Å². The third kappa shape index (κ3) is 3.97. The summed E-state index contributed by atoms with van der Waals surface area (Å²) in [7, 11) is 0. The highest BCUT2D eigenvalue weighted by Crippen LogP contribution is 2.25. The first-order valence-electron chi connectivity index (χ1n) is 8.09. The average Bonchev–Trinajstić information content (AvgIpc) is 3.07. The molecule has 138 valence electrons. The molecule has 0 fully saturated rings. The molecule has 0 radical (unpaired) electrons. The zero-order valence-electron chi connectivity index (χ0n) is 14.6. The van der Waals surface area contributed by atoms with Gasteiger partial charge in [0.05, 0.1) is 16.9 Å². The molecule has 0 saturated carbocycles. The average molecular weight is 369 g/mol. The number of rotatable bonds is 5. The van der Waals surface area contributed by atoms with E-state index in [4.69, 9.17) is 0 Å². The molecule has 3 rings (SSSR count). The lowest BCUT2D eigenvalue weighted by Gasteiger charge is -2.13. The van der Waals surface area contributed by atoms with Crippen LogP contribution in [0.5, 0.6) is 0 Å². The molecular formula is C18H16FN5O3. The van der Waals surface area contributed by atoms with E-state index in [9.17, 15) is 19.3 Å². The second-order valence-corrected chi connectivity index (χ2v) is 6.00. The van der Waals surface area contributed by atoms with Crippen molar-refractivity contribution < 1.29 is 14.1 Å². The third-order valence-corrected chi connectivity index (χ3v) is 4.04. The second kappa shape index (κ2) is 7.32. The number of anilines is 1. The van der Waals surface area contributed by atoms with Gasteiger partial charge in [-0.15, -0.1) is 0 Å². The molecule has 1 atom stereocenters. The summed E-state index contributed by atoms with van der Waals surface area (Å²) in [5.41, 5.74) is 0.942. The summed E-state index contributed by atoms with van der Waals surface area (Å²) in [6, 6.07) is 10.2. The van der Waals surface area contributed by atoms with E-state index in [2.05, 4.69) is 20.5 Å². The molecule has 1 amide bonds. The fourth-order valence-corrected chi connectivity index (χ4v) is 2.58. The number of H-pyrrole nitrogens is 1. The molecular weight excluding hydrogens is 353 g/mol. The number of hydrogen-bond donors (Lipinski definition) is 2. The van der Waals surface area contributed by atoms with Gasteiger partial charge in [0.2, 0.25) is 5.91 Å². The first-order valence-corrected chi connectivity index (χ1v) is 8.09. The van der Waals surface area contributed by atoms with Gasteiger partial charge < -0.3 is 5.32 Å². The van der Waals surface area contributed by atoms with Gasteiger partial charge in [0, 0.05) is 22.9 Å². The zero-order chi connectivity index (χ0) is 19.6. The van der Waals surface area contributed by atoms with Crippen LogP contribution in [0, 0.1) is 22.9 Å². The van der Waals surface area contributed by atoms with Gasteiger partial charge in [-0.05, 0) is 32.0 Å². The highest BCUT2D eigenvalue weighted by atomic mass is 19.1. The molecule has 0 aliphatic carbocycles. The van der Waals surface area contributed by atoms with Crippen LogP contribution in [0.3, 0.4) is 0 Å². The van der Waals surface area contributed by atoms with E-state index in [1.165, 1.54) is 19.1 Å². The number of nitro groups is 1. The van der Waals surface area contributed by atoms with Crippen molar-refractivity contribution in [3.05, 3.63) is 69.8 Å². The van der Waals surface area contributed by atoms with Crippen LogP contribution in [0.1, 0.15) is 24.2 Å². The summed E-state index contributed by atoms with van der Waals surface area (Å²) in [6.07, 6.45) is 0.